The molecule has 0 spiro atoms. The van der Waals surface area contributed by atoms with E-state index < -0.39 is 0 Å². The fraction of sp³-hybridized carbons (Fsp3) is 0.348. The minimum absolute atomic E-state index is 0.545. The summed E-state index contributed by atoms with van der Waals surface area (Å²) >= 11 is 7.03. The summed E-state index contributed by atoms with van der Waals surface area (Å²) in [5.74, 6) is 1.41. The first-order valence-corrected chi connectivity index (χ1v) is 11.1. The van der Waals surface area contributed by atoms with Gasteiger partial charge in [-0.25, -0.2) is 0 Å². The first-order chi connectivity index (χ1) is 13.6. The van der Waals surface area contributed by atoms with E-state index >= 15 is 0 Å². The fourth-order valence-electron chi connectivity index (χ4n) is 2.75. The highest BCUT2D eigenvalue weighted by atomic mass is 79.9. The van der Waals surface area contributed by atoms with E-state index in [0.29, 0.717) is 24.5 Å². The molecule has 0 aliphatic carbocycles. The molecule has 0 amide bonds. The Morgan fingerprint density at radius 2 is 1.79 bits per heavy atom. The van der Waals surface area contributed by atoms with Gasteiger partial charge in [0.2, 0.25) is 0 Å². The summed E-state index contributed by atoms with van der Waals surface area (Å²) in [4.78, 5) is 0. The second kappa shape index (κ2) is 11.9. The maximum atomic E-state index is 9.60. The van der Waals surface area contributed by atoms with E-state index in [-0.39, 0.29) is 0 Å². The van der Waals surface area contributed by atoms with E-state index in [1.54, 1.807) is 0 Å². The highest BCUT2D eigenvalue weighted by molar-refractivity contribution is 9.10. The lowest BCUT2D eigenvalue weighted by atomic mass is 10.0. The lowest BCUT2D eigenvalue weighted by Gasteiger charge is -2.15. The van der Waals surface area contributed by atoms with Gasteiger partial charge in [-0.3, -0.25) is 0 Å². The molecule has 0 radical (unpaired) electrons. The van der Waals surface area contributed by atoms with E-state index in [2.05, 4.69) is 44.9 Å². The Kier molecular flexibility index (Phi) is 9.60. The first kappa shape index (κ1) is 22.5. The number of rotatable bonds is 10. The quantitative estimate of drug-likeness (QED) is 0.189. The minimum Gasteiger partial charge on any atom is -0.490 e. The summed E-state index contributed by atoms with van der Waals surface area (Å²) in [6.45, 7) is 5.35. The molecule has 0 aliphatic rings. The van der Waals surface area contributed by atoms with Gasteiger partial charge in [-0.2, -0.15) is 5.26 Å². The van der Waals surface area contributed by atoms with E-state index in [9.17, 15) is 5.26 Å². The topological polar surface area (TPSA) is 42.2 Å². The molecule has 0 unspecified atom stereocenters. The van der Waals surface area contributed by atoms with Gasteiger partial charge in [0.15, 0.2) is 11.5 Å². The molecule has 0 bridgehead atoms. The monoisotopic (exact) mass is 505 g/mol. The highest BCUT2D eigenvalue weighted by Crippen LogP contribution is 2.38. The SMILES string of the molecule is CCCCCCOc1c(Br)cc(/C=C(\C#N)c2ccc(Br)cc2)cc1OCC. The minimum atomic E-state index is 0.545. The molecule has 2 aromatic carbocycles. The Hall–Kier alpha value is -1.77. The molecule has 0 N–H and O–H groups in total. The highest BCUT2D eigenvalue weighted by Gasteiger charge is 2.12. The van der Waals surface area contributed by atoms with Gasteiger partial charge >= 0.3 is 0 Å². The van der Waals surface area contributed by atoms with Crippen molar-refractivity contribution in [2.75, 3.05) is 13.2 Å². The number of nitriles is 1. The van der Waals surface area contributed by atoms with Crippen LogP contribution in [0.4, 0.5) is 0 Å². The molecule has 0 saturated heterocycles. The van der Waals surface area contributed by atoms with Gasteiger partial charge in [0, 0.05) is 4.47 Å². The van der Waals surface area contributed by atoms with Crippen LogP contribution < -0.4 is 9.47 Å². The summed E-state index contributed by atoms with van der Waals surface area (Å²) in [5, 5.41) is 9.60. The Morgan fingerprint density at radius 1 is 1.04 bits per heavy atom. The molecule has 0 aromatic heterocycles. The Morgan fingerprint density at radius 3 is 2.43 bits per heavy atom. The van der Waals surface area contributed by atoms with Crippen molar-refractivity contribution in [2.24, 2.45) is 0 Å². The molecule has 3 nitrogen and oxygen atoms in total. The van der Waals surface area contributed by atoms with Crippen LogP contribution in [0.15, 0.2) is 45.3 Å². The Labute approximate surface area is 184 Å². The van der Waals surface area contributed by atoms with E-state index in [0.717, 1.165) is 38.7 Å². The predicted octanol–water partition coefficient (Wildman–Crippen LogP) is 7.63. The Balaban J connectivity index is 2.27. The van der Waals surface area contributed by atoms with Crippen LogP contribution in [0.5, 0.6) is 11.5 Å². The summed E-state index contributed by atoms with van der Waals surface area (Å²) in [5.41, 5.74) is 2.35. The van der Waals surface area contributed by atoms with Crippen LogP contribution in [0.2, 0.25) is 0 Å². The van der Waals surface area contributed by atoms with Gasteiger partial charge in [0.05, 0.1) is 29.3 Å². The molecule has 0 atom stereocenters. The largest absolute Gasteiger partial charge is 0.490 e. The number of hydrogen-bond acceptors (Lipinski definition) is 3. The number of nitrogens with zero attached hydrogens (tertiary/aromatic N) is 1. The summed E-state index contributed by atoms with van der Waals surface area (Å²) in [7, 11) is 0. The van der Waals surface area contributed by atoms with Crippen LogP contribution >= 0.6 is 31.9 Å². The number of ether oxygens (including phenoxy) is 2. The summed E-state index contributed by atoms with van der Waals surface area (Å²) in [6.07, 6.45) is 6.48. The zero-order valence-electron chi connectivity index (χ0n) is 16.3. The van der Waals surface area contributed by atoms with E-state index in [1.807, 2.05) is 49.4 Å². The maximum Gasteiger partial charge on any atom is 0.175 e. The van der Waals surface area contributed by atoms with Gasteiger partial charge in [-0.1, -0.05) is 54.2 Å². The second-order valence-corrected chi connectivity index (χ2v) is 8.12. The average molecular weight is 507 g/mol. The third-order valence-corrected chi connectivity index (χ3v) is 5.28. The molecular formula is C23H25Br2NO2. The van der Waals surface area contributed by atoms with E-state index in [4.69, 9.17) is 9.47 Å². The number of halogens is 2. The van der Waals surface area contributed by atoms with Gasteiger partial charge in [0.25, 0.3) is 0 Å². The summed E-state index contributed by atoms with van der Waals surface area (Å²) in [6, 6.07) is 13.9. The van der Waals surface area contributed by atoms with Crippen molar-refractivity contribution in [3.8, 4) is 17.6 Å². The zero-order valence-corrected chi connectivity index (χ0v) is 19.5. The summed E-state index contributed by atoms with van der Waals surface area (Å²) < 4.78 is 13.6. The van der Waals surface area contributed by atoms with Crippen molar-refractivity contribution in [1.82, 2.24) is 0 Å². The maximum absolute atomic E-state index is 9.60. The molecule has 28 heavy (non-hydrogen) atoms. The molecule has 5 heteroatoms. The van der Waals surface area contributed by atoms with Gasteiger partial charge < -0.3 is 9.47 Å². The second-order valence-electron chi connectivity index (χ2n) is 6.35. The zero-order chi connectivity index (χ0) is 20.4. The Bertz CT molecular complexity index is 839. The smallest absolute Gasteiger partial charge is 0.175 e. The van der Waals surface area contributed by atoms with E-state index in [1.165, 1.54) is 12.8 Å². The van der Waals surface area contributed by atoms with Crippen LogP contribution in [-0.2, 0) is 0 Å². The van der Waals surface area contributed by atoms with Crippen LogP contribution in [0.25, 0.3) is 11.6 Å². The predicted molar refractivity (Wildman–Crippen MR) is 123 cm³/mol. The molecule has 0 fully saturated rings. The van der Waals surface area contributed by atoms with Crippen LogP contribution in [0.1, 0.15) is 50.7 Å². The van der Waals surface area contributed by atoms with Crippen molar-refractivity contribution in [3.05, 3.63) is 56.5 Å². The van der Waals surface area contributed by atoms with Gasteiger partial charge in [-0.15, -0.1) is 0 Å². The normalized spacial score (nSPS) is 11.2. The third kappa shape index (κ3) is 6.68. The standard InChI is InChI=1S/C23H25Br2NO2/c1-3-5-6-7-12-28-23-21(25)14-17(15-22(23)27-4-2)13-19(16-26)18-8-10-20(24)11-9-18/h8-11,13-15H,3-7,12H2,1-2H3/b19-13+. The van der Waals surface area contributed by atoms with Crippen LogP contribution in [-0.4, -0.2) is 13.2 Å². The molecule has 0 heterocycles. The van der Waals surface area contributed by atoms with Crippen molar-refractivity contribution < 1.29 is 9.47 Å². The molecule has 148 valence electrons. The van der Waals surface area contributed by atoms with Gasteiger partial charge in [0.1, 0.15) is 0 Å². The van der Waals surface area contributed by atoms with Crippen molar-refractivity contribution in [2.45, 2.75) is 39.5 Å². The lowest BCUT2D eigenvalue weighted by Crippen LogP contribution is -2.02. The molecule has 2 rings (SSSR count). The number of allylic oxidation sites excluding steroid dienone is 1. The number of hydrogen-bond donors (Lipinski definition) is 0. The molecule has 0 saturated carbocycles. The van der Waals surface area contributed by atoms with Gasteiger partial charge in [-0.05, 0) is 70.7 Å². The molecular weight excluding hydrogens is 482 g/mol. The lowest BCUT2D eigenvalue weighted by molar-refractivity contribution is 0.269. The number of benzene rings is 2. The van der Waals surface area contributed by atoms with Crippen LogP contribution in [0.3, 0.4) is 0 Å². The van der Waals surface area contributed by atoms with Crippen LogP contribution in [0, 0.1) is 11.3 Å². The average Bonchev–Trinajstić information content (AvgIpc) is 2.68. The number of unbranched alkanes of at least 4 members (excludes halogenated alkanes) is 3. The van der Waals surface area contributed by atoms with Crippen molar-refractivity contribution >= 4 is 43.5 Å². The fourth-order valence-corrected chi connectivity index (χ4v) is 3.59. The third-order valence-electron chi connectivity index (χ3n) is 4.16. The molecule has 2 aromatic rings. The molecule has 0 aliphatic heterocycles. The van der Waals surface area contributed by atoms with Crippen molar-refractivity contribution in [1.29, 1.82) is 5.26 Å². The van der Waals surface area contributed by atoms with Crippen molar-refractivity contribution in [3.63, 3.8) is 0 Å². The first-order valence-electron chi connectivity index (χ1n) is 9.55.